The first-order valence-corrected chi connectivity index (χ1v) is 5.89. The lowest BCUT2D eigenvalue weighted by Crippen LogP contribution is -2.26. The molecule has 0 atom stereocenters. The van der Waals surface area contributed by atoms with Crippen LogP contribution in [0.2, 0.25) is 0 Å². The van der Waals surface area contributed by atoms with Crippen LogP contribution in [0.4, 0.5) is 5.69 Å². The summed E-state index contributed by atoms with van der Waals surface area (Å²) in [5.74, 6) is -0.792. The minimum Gasteiger partial charge on any atom is -0.481 e. The number of hydrogen-bond donors (Lipinski definition) is 1. The van der Waals surface area contributed by atoms with Gasteiger partial charge in [0.25, 0.3) is 0 Å². The van der Waals surface area contributed by atoms with E-state index in [4.69, 9.17) is 5.11 Å². The smallest absolute Gasteiger partial charge is 0.305 e. The Labute approximate surface area is 105 Å². The maximum absolute atomic E-state index is 10.7. The molecule has 0 fully saturated rings. The molecule has 0 spiro atoms. The molecule has 1 heterocycles. The van der Waals surface area contributed by atoms with Gasteiger partial charge in [-0.2, -0.15) is 10.2 Å². The van der Waals surface area contributed by atoms with Crippen molar-refractivity contribution in [1.29, 1.82) is 0 Å². The van der Waals surface area contributed by atoms with Crippen LogP contribution in [0.25, 0.3) is 10.9 Å². The van der Waals surface area contributed by atoms with Crippen molar-refractivity contribution in [2.45, 2.75) is 13.3 Å². The van der Waals surface area contributed by atoms with Crippen LogP contribution in [0, 0.1) is 0 Å². The van der Waals surface area contributed by atoms with Gasteiger partial charge in [0.15, 0.2) is 0 Å². The van der Waals surface area contributed by atoms with Crippen LogP contribution in [0.3, 0.4) is 0 Å². The minimum atomic E-state index is -0.792. The first kappa shape index (κ1) is 12.3. The van der Waals surface area contributed by atoms with Crippen molar-refractivity contribution >= 4 is 22.6 Å². The molecule has 0 amide bonds. The van der Waals surface area contributed by atoms with E-state index in [0.29, 0.717) is 6.54 Å². The van der Waals surface area contributed by atoms with Gasteiger partial charge < -0.3 is 10.0 Å². The van der Waals surface area contributed by atoms with Crippen LogP contribution in [0.1, 0.15) is 13.3 Å². The number of carboxylic acids is 1. The van der Waals surface area contributed by atoms with E-state index in [1.54, 1.807) is 6.20 Å². The molecule has 0 aliphatic rings. The molecule has 0 aliphatic heterocycles. The third kappa shape index (κ3) is 2.56. The molecule has 5 nitrogen and oxygen atoms in total. The number of anilines is 1. The summed E-state index contributed by atoms with van der Waals surface area (Å²) in [7, 11) is 0. The molecule has 5 heteroatoms. The summed E-state index contributed by atoms with van der Waals surface area (Å²) in [6.07, 6.45) is 1.80. The van der Waals surface area contributed by atoms with E-state index in [1.807, 2.05) is 36.1 Å². The van der Waals surface area contributed by atoms with Crippen molar-refractivity contribution in [3.05, 3.63) is 30.5 Å². The van der Waals surface area contributed by atoms with Crippen LogP contribution in [0.5, 0.6) is 0 Å². The van der Waals surface area contributed by atoms with Crippen LogP contribution in [-0.4, -0.2) is 34.4 Å². The summed E-state index contributed by atoms with van der Waals surface area (Å²) in [4.78, 5) is 12.7. The van der Waals surface area contributed by atoms with Crippen molar-refractivity contribution in [1.82, 2.24) is 10.2 Å². The normalized spacial score (nSPS) is 10.5. The topological polar surface area (TPSA) is 66.3 Å². The molecule has 1 N–H and O–H groups in total. The molecular formula is C13H15N3O2. The number of hydrogen-bond acceptors (Lipinski definition) is 4. The van der Waals surface area contributed by atoms with E-state index in [0.717, 1.165) is 23.1 Å². The van der Waals surface area contributed by atoms with Gasteiger partial charge in [-0.25, -0.2) is 0 Å². The standard InChI is InChI=1S/C13H15N3O2/c1-2-16(8-7-13(17)18)12-9-14-15-11-6-4-3-5-10(11)12/h3-6,9H,2,7-8H2,1H3,(H,17,18). The number of carboxylic acid groups (broad SMARTS) is 1. The SMILES string of the molecule is CCN(CCC(=O)O)c1cnnc2ccccc12. The van der Waals surface area contributed by atoms with E-state index >= 15 is 0 Å². The van der Waals surface area contributed by atoms with Gasteiger partial charge in [0.2, 0.25) is 0 Å². The van der Waals surface area contributed by atoms with Gasteiger partial charge in [0.1, 0.15) is 0 Å². The molecule has 0 unspecified atom stereocenters. The molecule has 1 aromatic heterocycles. The predicted molar refractivity (Wildman–Crippen MR) is 69.7 cm³/mol. The summed E-state index contributed by atoms with van der Waals surface area (Å²) < 4.78 is 0. The fourth-order valence-corrected chi connectivity index (χ4v) is 1.92. The fourth-order valence-electron chi connectivity index (χ4n) is 1.92. The van der Waals surface area contributed by atoms with E-state index in [-0.39, 0.29) is 6.42 Å². The molecule has 2 aromatic rings. The Kier molecular flexibility index (Phi) is 3.72. The Hall–Kier alpha value is -2.17. The first-order valence-electron chi connectivity index (χ1n) is 5.89. The summed E-state index contributed by atoms with van der Waals surface area (Å²) in [5, 5.41) is 17.8. The quantitative estimate of drug-likeness (QED) is 0.871. The van der Waals surface area contributed by atoms with Gasteiger partial charge in [0, 0.05) is 18.5 Å². The molecule has 0 radical (unpaired) electrons. The number of aromatic nitrogens is 2. The average Bonchev–Trinajstić information content (AvgIpc) is 2.39. The Balaban J connectivity index is 2.35. The van der Waals surface area contributed by atoms with Crippen molar-refractivity contribution in [2.24, 2.45) is 0 Å². The monoisotopic (exact) mass is 245 g/mol. The highest BCUT2D eigenvalue weighted by Crippen LogP contribution is 2.23. The van der Waals surface area contributed by atoms with Gasteiger partial charge in [-0.3, -0.25) is 4.79 Å². The molecule has 0 aliphatic carbocycles. The average molecular weight is 245 g/mol. The molecule has 2 rings (SSSR count). The number of carbonyl (C=O) groups is 1. The zero-order valence-corrected chi connectivity index (χ0v) is 10.2. The van der Waals surface area contributed by atoms with Gasteiger partial charge in [-0.15, -0.1) is 0 Å². The molecule has 18 heavy (non-hydrogen) atoms. The van der Waals surface area contributed by atoms with Crippen molar-refractivity contribution in [2.75, 3.05) is 18.0 Å². The number of fused-ring (bicyclic) bond motifs is 1. The lowest BCUT2D eigenvalue weighted by Gasteiger charge is -2.23. The molecule has 0 saturated heterocycles. The molecule has 94 valence electrons. The highest BCUT2D eigenvalue weighted by atomic mass is 16.4. The maximum Gasteiger partial charge on any atom is 0.305 e. The van der Waals surface area contributed by atoms with Crippen molar-refractivity contribution in [3.63, 3.8) is 0 Å². The number of benzene rings is 1. The second-order valence-electron chi connectivity index (χ2n) is 3.97. The second-order valence-corrected chi connectivity index (χ2v) is 3.97. The van der Waals surface area contributed by atoms with Crippen LogP contribution in [0.15, 0.2) is 30.5 Å². The first-order chi connectivity index (χ1) is 8.72. The molecule has 1 aromatic carbocycles. The highest BCUT2D eigenvalue weighted by Gasteiger charge is 2.10. The van der Waals surface area contributed by atoms with Gasteiger partial charge in [0.05, 0.1) is 23.8 Å². The summed E-state index contributed by atoms with van der Waals surface area (Å²) in [6, 6.07) is 7.73. The minimum absolute atomic E-state index is 0.116. The fraction of sp³-hybridized carbons (Fsp3) is 0.308. The Morgan fingerprint density at radius 2 is 2.17 bits per heavy atom. The van der Waals surface area contributed by atoms with Crippen molar-refractivity contribution in [3.8, 4) is 0 Å². The number of nitrogens with zero attached hydrogens (tertiary/aromatic N) is 3. The van der Waals surface area contributed by atoms with Gasteiger partial charge in [-0.1, -0.05) is 18.2 Å². The largest absolute Gasteiger partial charge is 0.481 e. The van der Waals surface area contributed by atoms with E-state index in [1.165, 1.54) is 0 Å². The van der Waals surface area contributed by atoms with Crippen LogP contribution < -0.4 is 4.90 Å². The maximum atomic E-state index is 10.7. The van der Waals surface area contributed by atoms with Gasteiger partial charge in [-0.05, 0) is 13.0 Å². The summed E-state index contributed by atoms with van der Waals surface area (Å²) >= 11 is 0. The lowest BCUT2D eigenvalue weighted by molar-refractivity contribution is -0.136. The van der Waals surface area contributed by atoms with Gasteiger partial charge >= 0.3 is 5.97 Å². The molecular weight excluding hydrogens is 230 g/mol. The van der Waals surface area contributed by atoms with E-state index in [9.17, 15) is 4.79 Å². The van der Waals surface area contributed by atoms with Crippen molar-refractivity contribution < 1.29 is 9.90 Å². The summed E-state index contributed by atoms with van der Waals surface area (Å²) in [6.45, 7) is 3.21. The zero-order chi connectivity index (χ0) is 13.0. The molecule has 0 saturated carbocycles. The Morgan fingerprint density at radius 3 is 2.89 bits per heavy atom. The number of rotatable bonds is 5. The highest BCUT2D eigenvalue weighted by molar-refractivity contribution is 5.90. The zero-order valence-electron chi connectivity index (χ0n) is 10.2. The Bertz CT molecular complexity index is 551. The van der Waals surface area contributed by atoms with Crippen LogP contribution >= 0.6 is 0 Å². The lowest BCUT2D eigenvalue weighted by atomic mass is 10.2. The summed E-state index contributed by atoms with van der Waals surface area (Å²) in [5.41, 5.74) is 1.76. The van der Waals surface area contributed by atoms with Crippen LogP contribution in [-0.2, 0) is 4.79 Å². The number of aliphatic carboxylic acids is 1. The van der Waals surface area contributed by atoms with E-state index in [2.05, 4.69) is 10.2 Å². The Morgan fingerprint density at radius 1 is 1.39 bits per heavy atom. The predicted octanol–water partition coefficient (Wildman–Crippen LogP) is 1.93. The second kappa shape index (κ2) is 5.44. The third-order valence-electron chi connectivity index (χ3n) is 2.84. The molecule has 0 bridgehead atoms. The van der Waals surface area contributed by atoms with E-state index < -0.39 is 5.97 Å². The third-order valence-corrected chi connectivity index (χ3v) is 2.84.